The lowest BCUT2D eigenvalue weighted by molar-refractivity contribution is 1.27. The fraction of sp³-hybridized carbons (Fsp3) is 0.500. The van der Waals surface area contributed by atoms with Crippen LogP contribution in [-0.4, -0.2) is 6.16 Å². The van der Waals surface area contributed by atoms with Crippen LogP contribution in [0.25, 0.3) is 0 Å². The molecule has 0 amide bonds. The second-order valence-electron chi connectivity index (χ2n) is 1.15. The second kappa shape index (κ2) is 1.57. The Morgan fingerprint density at radius 3 is 2.80 bits per heavy atom. The molecule has 1 atom stereocenters. The standard InChI is InChI=1S/C4H7P/c1-2-4-5-3-1/h1,3,5H,2,4H2. The SMILES string of the molecule is C1=CPCC1. The van der Waals surface area contributed by atoms with Crippen molar-refractivity contribution < 1.29 is 0 Å². The predicted octanol–water partition coefficient (Wildman–Crippen LogP) is 1.58. The molecular weight excluding hydrogens is 79.0 g/mol. The summed E-state index contributed by atoms with van der Waals surface area (Å²) < 4.78 is 0. The summed E-state index contributed by atoms with van der Waals surface area (Å²) in [5.41, 5.74) is 0. The van der Waals surface area contributed by atoms with Gasteiger partial charge < -0.3 is 0 Å². The Labute approximate surface area is 34.1 Å². The lowest BCUT2D eigenvalue weighted by atomic mass is 10.5. The average molecular weight is 86.1 g/mol. The zero-order chi connectivity index (χ0) is 3.54. The molecule has 0 nitrogen and oxygen atoms in total. The molecule has 0 N–H and O–H groups in total. The van der Waals surface area contributed by atoms with E-state index in [1.165, 1.54) is 12.6 Å². The number of allylic oxidation sites excluding steroid dienone is 1. The zero-order valence-corrected chi connectivity index (χ0v) is 4.07. The van der Waals surface area contributed by atoms with Gasteiger partial charge in [-0.3, -0.25) is 0 Å². The van der Waals surface area contributed by atoms with Gasteiger partial charge >= 0.3 is 0 Å². The van der Waals surface area contributed by atoms with Crippen LogP contribution in [0, 0.1) is 0 Å². The zero-order valence-electron chi connectivity index (χ0n) is 3.07. The van der Waals surface area contributed by atoms with Crippen molar-refractivity contribution in [3.8, 4) is 0 Å². The van der Waals surface area contributed by atoms with Crippen molar-refractivity contribution in [2.75, 3.05) is 6.16 Å². The molecule has 28 valence electrons. The van der Waals surface area contributed by atoms with Crippen molar-refractivity contribution in [2.45, 2.75) is 6.42 Å². The van der Waals surface area contributed by atoms with Gasteiger partial charge in [0.05, 0.1) is 0 Å². The maximum absolute atomic E-state index is 2.26. The number of rotatable bonds is 0. The van der Waals surface area contributed by atoms with Gasteiger partial charge in [-0.25, -0.2) is 0 Å². The highest BCUT2D eigenvalue weighted by atomic mass is 31.1. The third-order valence-electron chi connectivity index (χ3n) is 0.691. The molecule has 1 aliphatic heterocycles. The molecule has 1 unspecified atom stereocenters. The van der Waals surface area contributed by atoms with E-state index in [2.05, 4.69) is 11.9 Å². The monoisotopic (exact) mass is 86.0 g/mol. The third kappa shape index (κ3) is 0.735. The maximum Gasteiger partial charge on any atom is -0.0284 e. The van der Waals surface area contributed by atoms with E-state index < -0.39 is 0 Å². The van der Waals surface area contributed by atoms with Crippen LogP contribution in [0.2, 0.25) is 0 Å². The van der Waals surface area contributed by atoms with Crippen molar-refractivity contribution in [1.29, 1.82) is 0 Å². The first kappa shape index (κ1) is 3.36. The van der Waals surface area contributed by atoms with Crippen LogP contribution in [0.15, 0.2) is 11.9 Å². The Hall–Kier alpha value is 0.170. The lowest BCUT2D eigenvalue weighted by Gasteiger charge is -1.69. The van der Waals surface area contributed by atoms with E-state index in [1.54, 1.807) is 0 Å². The molecule has 0 bridgehead atoms. The average Bonchev–Trinajstić information content (AvgIpc) is 1.76. The van der Waals surface area contributed by atoms with E-state index in [1.807, 2.05) is 0 Å². The molecule has 1 heteroatoms. The maximum atomic E-state index is 2.26. The molecular formula is C4H7P. The summed E-state index contributed by atoms with van der Waals surface area (Å²) in [6, 6.07) is 0. The normalized spacial score (nSPS) is 25.6. The van der Waals surface area contributed by atoms with E-state index in [0.29, 0.717) is 0 Å². The van der Waals surface area contributed by atoms with Gasteiger partial charge in [0, 0.05) is 0 Å². The van der Waals surface area contributed by atoms with E-state index >= 15 is 0 Å². The lowest BCUT2D eigenvalue weighted by Crippen LogP contribution is -1.54. The van der Waals surface area contributed by atoms with Crippen LogP contribution >= 0.6 is 8.58 Å². The fourth-order valence-corrected chi connectivity index (χ4v) is 1.25. The van der Waals surface area contributed by atoms with Gasteiger partial charge in [0.15, 0.2) is 0 Å². The molecule has 0 saturated carbocycles. The largest absolute Gasteiger partial charge is 0.0984 e. The quantitative estimate of drug-likeness (QED) is 0.392. The predicted molar refractivity (Wildman–Crippen MR) is 26.9 cm³/mol. The highest BCUT2D eigenvalue weighted by molar-refractivity contribution is 7.42. The minimum absolute atomic E-state index is 1.13. The van der Waals surface area contributed by atoms with E-state index in [9.17, 15) is 0 Å². The van der Waals surface area contributed by atoms with Crippen LogP contribution in [0.3, 0.4) is 0 Å². The van der Waals surface area contributed by atoms with Gasteiger partial charge in [0.2, 0.25) is 0 Å². The van der Waals surface area contributed by atoms with Crippen LogP contribution < -0.4 is 0 Å². The van der Waals surface area contributed by atoms with Gasteiger partial charge in [0.1, 0.15) is 0 Å². The summed E-state index contributed by atoms with van der Waals surface area (Å²) in [5, 5.41) is 0. The Bertz CT molecular complexity index is 41.6. The fourth-order valence-electron chi connectivity index (χ4n) is 0.417. The smallest absolute Gasteiger partial charge is 0.0284 e. The van der Waals surface area contributed by atoms with Gasteiger partial charge in [-0.1, -0.05) is 20.5 Å². The van der Waals surface area contributed by atoms with Gasteiger partial charge in [-0.05, 0) is 12.6 Å². The Morgan fingerprint density at radius 1 is 1.60 bits per heavy atom. The topological polar surface area (TPSA) is 0 Å². The highest BCUT2D eigenvalue weighted by Gasteiger charge is 1.84. The first-order valence-electron chi connectivity index (χ1n) is 1.88. The van der Waals surface area contributed by atoms with Crippen LogP contribution in [0.4, 0.5) is 0 Å². The summed E-state index contributed by atoms with van der Waals surface area (Å²) in [5.74, 6) is 2.26. The van der Waals surface area contributed by atoms with Gasteiger partial charge in [0.25, 0.3) is 0 Å². The molecule has 5 heavy (non-hydrogen) atoms. The number of hydrogen-bond donors (Lipinski definition) is 0. The molecule has 0 saturated heterocycles. The Kier molecular flexibility index (Phi) is 1.05. The molecule has 1 rings (SSSR count). The van der Waals surface area contributed by atoms with E-state index in [0.717, 1.165) is 8.58 Å². The molecule has 0 fully saturated rings. The molecule has 0 aromatic rings. The minimum atomic E-state index is 1.13. The van der Waals surface area contributed by atoms with Crippen LogP contribution in [0.1, 0.15) is 6.42 Å². The number of hydrogen-bond acceptors (Lipinski definition) is 0. The Balaban J connectivity index is 2.32. The van der Waals surface area contributed by atoms with Crippen molar-refractivity contribution in [3.63, 3.8) is 0 Å². The molecule has 1 heterocycles. The van der Waals surface area contributed by atoms with Crippen molar-refractivity contribution in [1.82, 2.24) is 0 Å². The van der Waals surface area contributed by atoms with Crippen LogP contribution in [0.5, 0.6) is 0 Å². The van der Waals surface area contributed by atoms with E-state index in [4.69, 9.17) is 0 Å². The first-order chi connectivity index (χ1) is 2.50. The summed E-state index contributed by atoms with van der Waals surface area (Å²) in [4.78, 5) is 0. The van der Waals surface area contributed by atoms with Crippen molar-refractivity contribution in [3.05, 3.63) is 11.9 Å². The molecule has 0 spiro atoms. The van der Waals surface area contributed by atoms with E-state index in [-0.39, 0.29) is 0 Å². The first-order valence-corrected chi connectivity index (χ1v) is 3.17. The Morgan fingerprint density at radius 2 is 2.60 bits per heavy atom. The van der Waals surface area contributed by atoms with Crippen molar-refractivity contribution >= 4 is 8.58 Å². The molecule has 0 aromatic carbocycles. The summed E-state index contributed by atoms with van der Waals surface area (Å²) in [7, 11) is 1.13. The molecule has 1 aliphatic rings. The van der Waals surface area contributed by atoms with Gasteiger partial charge in [-0.2, -0.15) is 0 Å². The summed E-state index contributed by atoms with van der Waals surface area (Å²) in [6.45, 7) is 0. The second-order valence-corrected chi connectivity index (χ2v) is 2.39. The summed E-state index contributed by atoms with van der Waals surface area (Å²) >= 11 is 0. The highest BCUT2D eigenvalue weighted by Crippen LogP contribution is 2.19. The molecule has 0 aromatic heterocycles. The molecule has 0 aliphatic carbocycles. The molecule has 0 radical (unpaired) electrons. The van der Waals surface area contributed by atoms with Crippen molar-refractivity contribution in [2.24, 2.45) is 0 Å². The third-order valence-corrected chi connectivity index (χ3v) is 1.74. The minimum Gasteiger partial charge on any atom is -0.0984 e. The van der Waals surface area contributed by atoms with Crippen LogP contribution in [-0.2, 0) is 0 Å². The van der Waals surface area contributed by atoms with Gasteiger partial charge in [-0.15, -0.1) is 0 Å². The summed E-state index contributed by atoms with van der Waals surface area (Å²) in [6.07, 6.45) is 5.00.